The molecule has 2 amide bonds. The Kier molecular flexibility index (Phi) is 12.0. The van der Waals surface area contributed by atoms with Crippen molar-refractivity contribution in [1.82, 2.24) is 10.2 Å². The predicted octanol–water partition coefficient (Wildman–Crippen LogP) is 8.04. The Hall–Kier alpha value is -3.37. The summed E-state index contributed by atoms with van der Waals surface area (Å²) in [4.78, 5) is 30.3. The summed E-state index contributed by atoms with van der Waals surface area (Å²) in [5.74, 6) is -0.832. The second-order valence-electron chi connectivity index (χ2n) is 11.6. The van der Waals surface area contributed by atoms with Gasteiger partial charge in [-0.05, 0) is 66.4 Å². The number of benzene rings is 4. The van der Waals surface area contributed by atoms with Crippen LogP contribution in [-0.4, -0.2) is 43.8 Å². The third-order valence-corrected chi connectivity index (χ3v) is 11.1. The summed E-state index contributed by atoms with van der Waals surface area (Å²) < 4.78 is 30.1. The van der Waals surface area contributed by atoms with Crippen LogP contribution in [0, 0.1) is 0 Å². The van der Waals surface area contributed by atoms with Gasteiger partial charge in [-0.2, -0.15) is 0 Å². The fourth-order valence-corrected chi connectivity index (χ4v) is 8.31. The smallest absolute Gasteiger partial charge is 0.264 e. The van der Waals surface area contributed by atoms with Crippen LogP contribution in [0.4, 0.5) is 5.69 Å². The topological polar surface area (TPSA) is 86.8 Å². The lowest BCUT2D eigenvalue weighted by molar-refractivity contribution is -0.140. The number of halogens is 3. The number of rotatable bonds is 12. The molecular formula is C36H36BrCl2N3O4S. The third-order valence-electron chi connectivity index (χ3n) is 8.25. The molecule has 5 rings (SSSR count). The first-order valence-corrected chi connectivity index (χ1v) is 18.5. The molecule has 0 spiro atoms. The molecule has 0 bridgehead atoms. The lowest BCUT2D eigenvalue weighted by atomic mass is 9.94. The largest absolute Gasteiger partial charge is 0.352 e. The van der Waals surface area contributed by atoms with E-state index in [1.165, 1.54) is 35.2 Å². The van der Waals surface area contributed by atoms with E-state index in [1.54, 1.807) is 18.2 Å². The summed E-state index contributed by atoms with van der Waals surface area (Å²) >= 11 is 16.3. The molecule has 0 saturated heterocycles. The van der Waals surface area contributed by atoms with Gasteiger partial charge in [0.15, 0.2) is 0 Å². The maximum absolute atomic E-state index is 14.7. The third kappa shape index (κ3) is 9.16. The lowest BCUT2D eigenvalue weighted by Gasteiger charge is -2.35. The predicted molar refractivity (Wildman–Crippen MR) is 191 cm³/mol. The fourth-order valence-electron chi connectivity index (χ4n) is 5.85. The number of hydrogen-bond acceptors (Lipinski definition) is 4. The fraction of sp³-hybridized carbons (Fsp3) is 0.278. The molecule has 1 saturated carbocycles. The van der Waals surface area contributed by atoms with Crippen LogP contribution >= 0.6 is 39.1 Å². The minimum atomic E-state index is -4.27. The van der Waals surface area contributed by atoms with Crippen molar-refractivity contribution >= 4 is 66.7 Å². The minimum absolute atomic E-state index is 0.00627. The molecule has 1 aliphatic carbocycles. The van der Waals surface area contributed by atoms with Gasteiger partial charge >= 0.3 is 0 Å². The highest BCUT2D eigenvalue weighted by Crippen LogP contribution is 2.33. The zero-order chi connectivity index (χ0) is 33.4. The van der Waals surface area contributed by atoms with Gasteiger partial charge in [-0.15, -0.1) is 0 Å². The Morgan fingerprint density at radius 2 is 1.49 bits per heavy atom. The van der Waals surface area contributed by atoms with E-state index in [9.17, 15) is 18.0 Å². The highest BCUT2D eigenvalue weighted by atomic mass is 79.9. The number of nitrogens with one attached hydrogen (secondary N) is 1. The van der Waals surface area contributed by atoms with Gasteiger partial charge < -0.3 is 10.2 Å². The summed E-state index contributed by atoms with van der Waals surface area (Å²) in [6, 6.07) is 28.4. The average Bonchev–Trinajstić information content (AvgIpc) is 3.07. The Balaban J connectivity index is 1.58. The van der Waals surface area contributed by atoms with Crippen molar-refractivity contribution in [3.8, 4) is 0 Å². The van der Waals surface area contributed by atoms with Crippen molar-refractivity contribution < 1.29 is 18.0 Å². The van der Waals surface area contributed by atoms with Crippen LogP contribution in [0.25, 0.3) is 0 Å². The van der Waals surface area contributed by atoms with Crippen molar-refractivity contribution in [2.75, 3.05) is 10.8 Å². The molecule has 246 valence electrons. The highest BCUT2D eigenvalue weighted by molar-refractivity contribution is 9.10. The summed E-state index contributed by atoms with van der Waals surface area (Å²) in [6.45, 7) is -0.532. The molecule has 1 aliphatic rings. The second-order valence-corrected chi connectivity index (χ2v) is 15.2. The Morgan fingerprint density at radius 3 is 2.15 bits per heavy atom. The van der Waals surface area contributed by atoms with Gasteiger partial charge in [0.25, 0.3) is 10.0 Å². The SMILES string of the molecule is O=C(NC1CCCCC1)[C@H](Cc1ccccc1)N(Cc1cccc(Br)c1)C(=O)CN(c1ccc(Cl)cc1Cl)S(=O)(=O)c1ccccc1. The summed E-state index contributed by atoms with van der Waals surface area (Å²) in [5.41, 5.74) is 1.75. The maximum atomic E-state index is 14.7. The van der Waals surface area contributed by atoms with Gasteiger partial charge in [0, 0.05) is 28.5 Å². The molecule has 1 fully saturated rings. The monoisotopic (exact) mass is 755 g/mol. The molecule has 47 heavy (non-hydrogen) atoms. The van der Waals surface area contributed by atoms with Crippen molar-refractivity contribution in [2.24, 2.45) is 0 Å². The molecule has 4 aromatic carbocycles. The number of sulfonamides is 1. The maximum Gasteiger partial charge on any atom is 0.264 e. The second kappa shape index (κ2) is 16.2. The van der Waals surface area contributed by atoms with Gasteiger partial charge in [-0.25, -0.2) is 8.42 Å². The van der Waals surface area contributed by atoms with Gasteiger partial charge in [0.05, 0.1) is 15.6 Å². The number of anilines is 1. The van der Waals surface area contributed by atoms with Crippen LogP contribution in [-0.2, 0) is 32.6 Å². The zero-order valence-corrected chi connectivity index (χ0v) is 29.6. The number of carbonyl (C=O) groups excluding carboxylic acids is 2. The molecule has 0 heterocycles. The molecule has 1 N–H and O–H groups in total. The number of amides is 2. The molecule has 0 unspecified atom stereocenters. The molecule has 4 aromatic rings. The van der Waals surface area contributed by atoms with E-state index in [0.717, 1.165) is 52.0 Å². The molecule has 0 aliphatic heterocycles. The van der Waals surface area contributed by atoms with E-state index in [2.05, 4.69) is 21.2 Å². The van der Waals surface area contributed by atoms with Gasteiger partial charge in [0.1, 0.15) is 12.6 Å². The Labute approximate surface area is 295 Å². The zero-order valence-electron chi connectivity index (χ0n) is 25.7. The van der Waals surface area contributed by atoms with Crippen LogP contribution < -0.4 is 9.62 Å². The van der Waals surface area contributed by atoms with E-state index in [-0.39, 0.29) is 40.5 Å². The van der Waals surface area contributed by atoms with Crippen LogP contribution in [0.2, 0.25) is 10.0 Å². The summed E-state index contributed by atoms with van der Waals surface area (Å²) in [5, 5.41) is 3.61. The molecule has 1 atom stereocenters. The standard InChI is InChI=1S/C36H36BrCl2N3O4S/c37-28-14-10-13-27(21-28)24-41(34(22-26-11-4-1-5-12-26)36(44)40-30-15-6-2-7-16-30)35(43)25-42(33-20-19-29(38)23-32(33)39)47(45,46)31-17-8-3-9-18-31/h1,3-5,8-14,17-21,23,30,34H,2,6-7,15-16,22,24-25H2,(H,40,44)/t34-/m0/s1. The lowest BCUT2D eigenvalue weighted by Crippen LogP contribution is -2.55. The Morgan fingerprint density at radius 1 is 0.830 bits per heavy atom. The molecule has 0 aromatic heterocycles. The summed E-state index contributed by atoms with van der Waals surface area (Å²) in [6.07, 6.45) is 5.19. The number of hydrogen-bond donors (Lipinski definition) is 1. The van der Waals surface area contributed by atoms with E-state index < -0.39 is 28.5 Å². The first-order chi connectivity index (χ1) is 22.6. The highest BCUT2D eigenvalue weighted by Gasteiger charge is 2.36. The Bertz CT molecular complexity index is 1790. The normalized spacial score (nSPS) is 14.3. The average molecular weight is 758 g/mol. The molecular weight excluding hydrogens is 721 g/mol. The van der Waals surface area contributed by atoms with E-state index in [0.29, 0.717) is 5.02 Å². The van der Waals surface area contributed by atoms with Gasteiger partial charge in [-0.3, -0.25) is 13.9 Å². The molecule has 11 heteroatoms. The quantitative estimate of drug-likeness (QED) is 0.159. The first-order valence-electron chi connectivity index (χ1n) is 15.5. The van der Waals surface area contributed by atoms with Crippen LogP contribution in [0.15, 0.2) is 112 Å². The van der Waals surface area contributed by atoms with E-state index in [1.807, 2.05) is 54.6 Å². The van der Waals surface area contributed by atoms with Crippen molar-refractivity contribution in [1.29, 1.82) is 0 Å². The van der Waals surface area contributed by atoms with Crippen molar-refractivity contribution in [3.05, 3.63) is 129 Å². The summed E-state index contributed by atoms with van der Waals surface area (Å²) in [7, 11) is -4.27. The van der Waals surface area contributed by atoms with Gasteiger partial charge in [-0.1, -0.05) is 119 Å². The minimum Gasteiger partial charge on any atom is -0.352 e. The van der Waals surface area contributed by atoms with Crippen molar-refractivity contribution in [2.45, 2.75) is 62.0 Å². The van der Waals surface area contributed by atoms with Crippen molar-refractivity contribution in [3.63, 3.8) is 0 Å². The first kappa shape index (κ1) is 35.0. The molecule has 7 nitrogen and oxygen atoms in total. The number of carbonyl (C=O) groups is 2. The van der Waals surface area contributed by atoms with Crippen LogP contribution in [0.5, 0.6) is 0 Å². The van der Waals surface area contributed by atoms with Gasteiger partial charge in [0.2, 0.25) is 11.8 Å². The van der Waals surface area contributed by atoms with Crippen LogP contribution in [0.3, 0.4) is 0 Å². The van der Waals surface area contributed by atoms with E-state index >= 15 is 0 Å². The van der Waals surface area contributed by atoms with Crippen LogP contribution in [0.1, 0.15) is 43.2 Å². The van der Waals surface area contributed by atoms with E-state index in [4.69, 9.17) is 23.2 Å². The molecule has 0 radical (unpaired) electrons. The number of nitrogens with zero attached hydrogens (tertiary/aromatic N) is 2.